The van der Waals surface area contributed by atoms with Crippen molar-refractivity contribution in [3.05, 3.63) is 24.3 Å². The third kappa shape index (κ3) is 7.72. The van der Waals surface area contributed by atoms with Crippen LogP contribution in [0.2, 0.25) is 0 Å². The minimum absolute atomic E-state index is 0.192. The van der Waals surface area contributed by atoms with Crippen LogP contribution in [0, 0.1) is 10.8 Å². The summed E-state index contributed by atoms with van der Waals surface area (Å²) in [6.07, 6.45) is 7.04. The summed E-state index contributed by atoms with van der Waals surface area (Å²) in [6.45, 7) is 12.6. The Bertz CT molecular complexity index is 611. The number of nitrogens with one attached hydrogen (secondary N) is 2. The summed E-state index contributed by atoms with van der Waals surface area (Å²) in [4.78, 5) is 25.7. The smallest absolute Gasteiger partial charge is 0.417 e. The standard InChI is InChI=1S/C19H31N3O4/c1-17(2,3)25-15(23)21-14(20)22(16(24)26-18(4,5)6)13-19(7)11-9-8-10-12-19/h8-11H,12-13H2,1-7H3,(H2,20,21,23). The Morgan fingerprint density at radius 1 is 1.12 bits per heavy atom. The monoisotopic (exact) mass is 365 g/mol. The van der Waals surface area contributed by atoms with Crippen molar-refractivity contribution in [2.24, 2.45) is 5.41 Å². The molecule has 2 N–H and O–H groups in total. The maximum Gasteiger partial charge on any atom is 0.417 e. The predicted molar refractivity (Wildman–Crippen MR) is 101 cm³/mol. The lowest BCUT2D eigenvalue weighted by molar-refractivity contribution is 0.0319. The van der Waals surface area contributed by atoms with Gasteiger partial charge in [-0.2, -0.15) is 0 Å². The Kier molecular flexibility index (Phi) is 6.63. The Hall–Kier alpha value is -2.31. The van der Waals surface area contributed by atoms with Crippen molar-refractivity contribution < 1.29 is 19.1 Å². The van der Waals surface area contributed by atoms with Gasteiger partial charge >= 0.3 is 12.2 Å². The number of amides is 2. The molecule has 0 fully saturated rings. The van der Waals surface area contributed by atoms with Gasteiger partial charge in [-0.1, -0.05) is 31.2 Å². The number of allylic oxidation sites excluding steroid dienone is 3. The highest BCUT2D eigenvalue weighted by Gasteiger charge is 2.33. The lowest BCUT2D eigenvalue weighted by Gasteiger charge is -2.34. The number of hydrogen-bond donors (Lipinski definition) is 2. The van der Waals surface area contributed by atoms with Gasteiger partial charge in [0.25, 0.3) is 0 Å². The van der Waals surface area contributed by atoms with Crippen molar-refractivity contribution >= 4 is 18.1 Å². The predicted octanol–water partition coefficient (Wildman–Crippen LogP) is 4.21. The molecule has 2 amide bonds. The zero-order valence-electron chi connectivity index (χ0n) is 16.8. The van der Waals surface area contributed by atoms with Gasteiger partial charge in [0, 0.05) is 12.0 Å². The molecule has 7 heteroatoms. The number of carbonyl (C=O) groups is 2. The van der Waals surface area contributed by atoms with Crippen LogP contribution in [-0.4, -0.2) is 40.8 Å². The van der Waals surface area contributed by atoms with Gasteiger partial charge in [-0.05, 0) is 48.0 Å². The average molecular weight is 365 g/mol. The van der Waals surface area contributed by atoms with Crippen molar-refractivity contribution in [3.63, 3.8) is 0 Å². The number of ether oxygens (including phenoxy) is 2. The van der Waals surface area contributed by atoms with Gasteiger partial charge in [0.15, 0.2) is 0 Å². The molecule has 0 bridgehead atoms. The molecule has 0 saturated heterocycles. The molecule has 1 rings (SSSR count). The van der Waals surface area contributed by atoms with E-state index in [9.17, 15) is 9.59 Å². The van der Waals surface area contributed by atoms with E-state index in [1.165, 1.54) is 0 Å². The van der Waals surface area contributed by atoms with E-state index in [1.54, 1.807) is 41.5 Å². The fraction of sp³-hybridized carbons (Fsp3) is 0.632. The summed E-state index contributed by atoms with van der Waals surface area (Å²) in [5.41, 5.74) is -1.79. The summed E-state index contributed by atoms with van der Waals surface area (Å²) in [5.74, 6) is -0.377. The summed E-state index contributed by atoms with van der Waals surface area (Å²) < 4.78 is 10.6. The number of alkyl carbamates (subject to hydrolysis) is 1. The van der Waals surface area contributed by atoms with Gasteiger partial charge < -0.3 is 9.47 Å². The molecule has 1 aliphatic rings. The van der Waals surface area contributed by atoms with Crippen molar-refractivity contribution in [2.75, 3.05) is 6.54 Å². The first kappa shape index (κ1) is 21.7. The molecule has 0 radical (unpaired) electrons. The SMILES string of the molecule is CC1(CN(C(=N)NC(=O)OC(C)(C)C)C(=O)OC(C)(C)C)C=CC=CC1. The minimum Gasteiger partial charge on any atom is -0.444 e. The second-order valence-electron chi connectivity index (χ2n) is 8.69. The number of carbonyl (C=O) groups excluding carboxylic acids is 2. The van der Waals surface area contributed by atoms with Crippen LogP contribution in [-0.2, 0) is 9.47 Å². The van der Waals surface area contributed by atoms with E-state index in [2.05, 4.69) is 5.32 Å². The minimum atomic E-state index is -0.791. The van der Waals surface area contributed by atoms with E-state index < -0.39 is 23.4 Å². The molecular formula is C19H31N3O4. The summed E-state index contributed by atoms with van der Waals surface area (Å²) >= 11 is 0. The third-order valence-corrected chi connectivity index (χ3v) is 3.35. The number of rotatable bonds is 2. The normalized spacial score (nSPS) is 19.7. The molecule has 0 aromatic heterocycles. The van der Waals surface area contributed by atoms with E-state index >= 15 is 0 Å². The van der Waals surface area contributed by atoms with Crippen LogP contribution in [0.1, 0.15) is 54.9 Å². The highest BCUT2D eigenvalue weighted by Crippen LogP contribution is 2.29. The lowest BCUT2D eigenvalue weighted by atomic mass is 9.83. The molecule has 0 aromatic rings. The second-order valence-corrected chi connectivity index (χ2v) is 8.69. The van der Waals surface area contributed by atoms with Crippen molar-refractivity contribution in [3.8, 4) is 0 Å². The first-order chi connectivity index (χ1) is 11.7. The maximum atomic E-state index is 12.6. The molecule has 1 aliphatic carbocycles. The van der Waals surface area contributed by atoms with Gasteiger partial charge in [-0.3, -0.25) is 10.7 Å². The fourth-order valence-electron chi connectivity index (χ4n) is 2.27. The molecular weight excluding hydrogens is 334 g/mol. The van der Waals surface area contributed by atoms with E-state index in [0.29, 0.717) is 6.42 Å². The van der Waals surface area contributed by atoms with Gasteiger partial charge in [-0.25, -0.2) is 14.5 Å². The Balaban J connectivity index is 2.94. The fourth-order valence-corrected chi connectivity index (χ4v) is 2.27. The topological polar surface area (TPSA) is 91.7 Å². The van der Waals surface area contributed by atoms with E-state index in [-0.39, 0.29) is 17.9 Å². The molecule has 0 aromatic carbocycles. The molecule has 0 saturated carbocycles. The van der Waals surface area contributed by atoms with Crippen LogP contribution in [0.15, 0.2) is 24.3 Å². The molecule has 0 heterocycles. The molecule has 26 heavy (non-hydrogen) atoms. The first-order valence-corrected chi connectivity index (χ1v) is 8.64. The molecule has 1 unspecified atom stereocenters. The van der Waals surface area contributed by atoms with Gasteiger partial charge in [0.1, 0.15) is 11.2 Å². The zero-order chi connectivity index (χ0) is 20.2. The van der Waals surface area contributed by atoms with Gasteiger partial charge in [0.05, 0.1) is 0 Å². The third-order valence-electron chi connectivity index (χ3n) is 3.35. The summed E-state index contributed by atoms with van der Waals surface area (Å²) in [5, 5.41) is 10.5. The lowest BCUT2D eigenvalue weighted by Crippen LogP contribution is -2.52. The Morgan fingerprint density at radius 3 is 2.15 bits per heavy atom. The van der Waals surface area contributed by atoms with Crippen molar-refractivity contribution in [1.82, 2.24) is 10.2 Å². The van der Waals surface area contributed by atoms with Crippen LogP contribution < -0.4 is 5.32 Å². The number of guanidine groups is 1. The Labute approximate surface area is 155 Å². The van der Waals surface area contributed by atoms with E-state index in [4.69, 9.17) is 14.9 Å². The average Bonchev–Trinajstić information content (AvgIpc) is 2.41. The number of nitrogens with zero attached hydrogens (tertiary/aromatic N) is 1. The van der Waals surface area contributed by atoms with Crippen LogP contribution in [0.5, 0.6) is 0 Å². The molecule has 0 aliphatic heterocycles. The Morgan fingerprint density at radius 2 is 1.69 bits per heavy atom. The molecule has 7 nitrogen and oxygen atoms in total. The van der Waals surface area contributed by atoms with Crippen molar-refractivity contribution in [2.45, 2.75) is 66.1 Å². The summed E-state index contributed by atoms with van der Waals surface area (Å²) in [6, 6.07) is 0. The van der Waals surface area contributed by atoms with E-state index in [0.717, 1.165) is 4.90 Å². The highest BCUT2D eigenvalue weighted by molar-refractivity contribution is 5.99. The van der Waals surface area contributed by atoms with E-state index in [1.807, 2.05) is 31.2 Å². The zero-order valence-corrected chi connectivity index (χ0v) is 16.8. The van der Waals surface area contributed by atoms with Gasteiger partial charge in [-0.15, -0.1) is 0 Å². The second kappa shape index (κ2) is 7.93. The molecule has 1 atom stereocenters. The van der Waals surface area contributed by atoms with Gasteiger partial charge in [0.2, 0.25) is 5.96 Å². The van der Waals surface area contributed by atoms with Crippen LogP contribution in [0.25, 0.3) is 0 Å². The van der Waals surface area contributed by atoms with Crippen molar-refractivity contribution in [1.29, 1.82) is 5.41 Å². The quantitative estimate of drug-likeness (QED) is 0.566. The van der Waals surface area contributed by atoms with Crippen LogP contribution in [0.4, 0.5) is 9.59 Å². The summed E-state index contributed by atoms with van der Waals surface area (Å²) in [7, 11) is 0. The number of hydrogen-bond acceptors (Lipinski definition) is 5. The first-order valence-electron chi connectivity index (χ1n) is 8.64. The largest absolute Gasteiger partial charge is 0.444 e. The highest BCUT2D eigenvalue weighted by atomic mass is 16.6. The molecule has 146 valence electrons. The van der Waals surface area contributed by atoms with Crippen LogP contribution in [0.3, 0.4) is 0 Å². The van der Waals surface area contributed by atoms with Crippen LogP contribution >= 0.6 is 0 Å². The molecule has 0 spiro atoms. The maximum absolute atomic E-state index is 12.6.